The summed E-state index contributed by atoms with van der Waals surface area (Å²) in [5.41, 5.74) is 2.06. The lowest BCUT2D eigenvalue weighted by molar-refractivity contribution is 0.177. The summed E-state index contributed by atoms with van der Waals surface area (Å²) >= 11 is 9.79. The molecule has 0 fully saturated rings. The number of benzene rings is 1. The first-order chi connectivity index (χ1) is 7.66. The van der Waals surface area contributed by atoms with Crippen molar-refractivity contribution in [3.63, 3.8) is 0 Å². The third-order valence-corrected chi connectivity index (χ3v) is 4.28. The molecule has 2 rings (SSSR count). The van der Waals surface area contributed by atoms with Gasteiger partial charge in [0.05, 0.1) is 6.10 Å². The van der Waals surface area contributed by atoms with Crippen LogP contribution < -0.4 is 0 Å². The molecule has 1 nitrogen and oxygen atoms in total. The highest BCUT2D eigenvalue weighted by Crippen LogP contribution is 2.26. The second-order valence-electron chi connectivity index (χ2n) is 3.52. The fraction of sp³-hybridized carbons (Fsp3) is 0.167. The monoisotopic (exact) mass is 364 g/mol. The van der Waals surface area contributed by atoms with Gasteiger partial charge in [-0.25, -0.2) is 0 Å². The topological polar surface area (TPSA) is 20.2 Å². The van der Waals surface area contributed by atoms with Gasteiger partial charge in [-0.2, -0.15) is 11.3 Å². The summed E-state index contributed by atoms with van der Waals surface area (Å²) in [6.45, 7) is 0. The molecule has 1 aromatic carbocycles. The van der Waals surface area contributed by atoms with Crippen LogP contribution in [-0.4, -0.2) is 5.11 Å². The van der Waals surface area contributed by atoms with Gasteiger partial charge in [-0.15, -0.1) is 0 Å². The van der Waals surface area contributed by atoms with Crippen LogP contribution in [0, 0.1) is 3.57 Å². The van der Waals surface area contributed by atoms with Crippen LogP contribution in [0.25, 0.3) is 0 Å². The van der Waals surface area contributed by atoms with Crippen molar-refractivity contribution in [1.29, 1.82) is 0 Å². The first kappa shape index (κ1) is 12.4. The summed E-state index contributed by atoms with van der Waals surface area (Å²) in [6.07, 6.45) is 0.153. The number of hydrogen-bond acceptors (Lipinski definition) is 2. The Morgan fingerprint density at radius 3 is 2.88 bits per heavy atom. The van der Waals surface area contributed by atoms with Crippen molar-refractivity contribution < 1.29 is 5.11 Å². The largest absolute Gasteiger partial charge is 0.388 e. The third-order valence-electron chi connectivity index (χ3n) is 2.33. The Balaban J connectivity index is 2.20. The van der Waals surface area contributed by atoms with Crippen molar-refractivity contribution in [1.82, 2.24) is 0 Å². The molecular formula is C12H10ClIOS. The van der Waals surface area contributed by atoms with Crippen LogP contribution in [0.15, 0.2) is 35.0 Å². The molecule has 0 spiro atoms. The number of aliphatic hydroxyl groups is 1. The van der Waals surface area contributed by atoms with E-state index in [1.54, 1.807) is 11.3 Å². The second kappa shape index (κ2) is 5.49. The maximum atomic E-state index is 10.1. The van der Waals surface area contributed by atoms with Gasteiger partial charge in [-0.05, 0) is 68.7 Å². The molecule has 1 aromatic heterocycles. The standard InChI is InChI=1S/C12H10ClIOS/c13-9-1-2-11(14)10(6-9)12(15)5-8-3-4-16-7-8/h1-4,6-7,12,15H,5H2. The quantitative estimate of drug-likeness (QED) is 0.806. The molecule has 2 aromatic rings. The first-order valence-corrected chi connectivity index (χ1v) is 7.21. The van der Waals surface area contributed by atoms with Crippen LogP contribution in [0.2, 0.25) is 5.02 Å². The van der Waals surface area contributed by atoms with E-state index >= 15 is 0 Å². The minimum atomic E-state index is -0.486. The van der Waals surface area contributed by atoms with Crippen molar-refractivity contribution in [2.45, 2.75) is 12.5 Å². The predicted octanol–water partition coefficient (Wildman–Crippen LogP) is 4.28. The molecular weight excluding hydrogens is 355 g/mol. The van der Waals surface area contributed by atoms with E-state index in [9.17, 15) is 5.11 Å². The number of halogens is 2. The minimum absolute atomic E-state index is 0.486. The summed E-state index contributed by atoms with van der Waals surface area (Å²) < 4.78 is 1.05. The Hall–Kier alpha value is -0.100. The Labute approximate surface area is 117 Å². The molecule has 84 valence electrons. The number of hydrogen-bond donors (Lipinski definition) is 1. The van der Waals surface area contributed by atoms with E-state index in [0.717, 1.165) is 14.7 Å². The molecule has 1 atom stereocenters. The fourth-order valence-electron chi connectivity index (χ4n) is 1.51. The summed E-state index contributed by atoms with van der Waals surface area (Å²) in [6, 6.07) is 7.63. The van der Waals surface area contributed by atoms with Crippen LogP contribution in [0.5, 0.6) is 0 Å². The van der Waals surface area contributed by atoms with Gasteiger partial charge in [0.25, 0.3) is 0 Å². The zero-order valence-corrected chi connectivity index (χ0v) is 12.1. The summed E-state index contributed by atoms with van der Waals surface area (Å²) in [5.74, 6) is 0. The van der Waals surface area contributed by atoms with E-state index in [0.29, 0.717) is 11.4 Å². The van der Waals surface area contributed by atoms with Crippen molar-refractivity contribution >= 4 is 45.5 Å². The normalized spacial score (nSPS) is 12.7. The molecule has 0 saturated carbocycles. The maximum Gasteiger partial charge on any atom is 0.0841 e. The maximum absolute atomic E-state index is 10.1. The lowest BCUT2D eigenvalue weighted by atomic mass is 10.0. The van der Waals surface area contributed by atoms with Gasteiger partial charge < -0.3 is 5.11 Å². The average molecular weight is 365 g/mol. The second-order valence-corrected chi connectivity index (χ2v) is 5.90. The molecule has 0 radical (unpaired) electrons. The number of thiophene rings is 1. The SMILES string of the molecule is OC(Cc1ccsc1)c1cc(Cl)ccc1I. The Morgan fingerprint density at radius 2 is 2.19 bits per heavy atom. The zero-order valence-electron chi connectivity index (χ0n) is 8.36. The smallest absolute Gasteiger partial charge is 0.0841 e. The minimum Gasteiger partial charge on any atom is -0.388 e. The molecule has 4 heteroatoms. The van der Waals surface area contributed by atoms with E-state index in [4.69, 9.17) is 11.6 Å². The van der Waals surface area contributed by atoms with E-state index in [-0.39, 0.29) is 0 Å². The van der Waals surface area contributed by atoms with E-state index < -0.39 is 6.10 Å². The number of rotatable bonds is 3. The van der Waals surface area contributed by atoms with Crippen molar-refractivity contribution in [2.24, 2.45) is 0 Å². The van der Waals surface area contributed by atoms with Crippen molar-refractivity contribution in [3.05, 3.63) is 54.7 Å². The Morgan fingerprint density at radius 1 is 1.38 bits per heavy atom. The average Bonchev–Trinajstić information content (AvgIpc) is 2.74. The molecule has 1 N–H and O–H groups in total. The van der Waals surface area contributed by atoms with Crippen LogP contribution in [0.4, 0.5) is 0 Å². The highest BCUT2D eigenvalue weighted by atomic mass is 127. The van der Waals surface area contributed by atoms with Crippen molar-refractivity contribution in [3.8, 4) is 0 Å². The molecule has 0 aliphatic carbocycles. The van der Waals surface area contributed by atoms with E-state index in [1.165, 1.54) is 0 Å². The molecule has 1 heterocycles. The van der Waals surface area contributed by atoms with Crippen LogP contribution in [0.1, 0.15) is 17.2 Å². The zero-order chi connectivity index (χ0) is 11.5. The predicted molar refractivity (Wildman–Crippen MR) is 77.2 cm³/mol. The van der Waals surface area contributed by atoms with Crippen LogP contribution >= 0.6 is 45.5 Å². The highest BCUT2D eigenvalue weighted by molar-refractivity contribution is 14.1. The molecule has 0 aliphatic rings. The lowest BCUT2D eigenvalue weighted by Gasteiger charge is -2.12. The molecule has 0 amide bonds. The highest BCUT2D eigenvalue weighted by Gasteiger charge is 2.12. The van der Waals surface area contributed by atoms with E-state index in [1.807, 2.05) is 29.6 Å². The summed E-state index contributed by atoms with van der Waals surface area (Å²) in [4.78, 5) is 0. The molecule has 1 unspecified atom stereocenters. The van der Waals surface area contributed by atoms with Gasteiger partial charge in [0.2, 0.25) is 0 Å². The van der Waals surface area contributed by atoms with Crippen LogP contribution in [-0.2, 0) is 6.42 Å². The Bertz CT molecular complexity index is 470. The van der Waals surface area contributed by atoms with Crippen LogP contribution in [0.3, 0.4) is 0 Å². The fourth-order valence-corrected chi connectivity index (χ4v) is 3.07. The van der Waals surface area contributed by atoms with Gasteiger partial charge >= 0.3 is 0 Å². The van der Waals surface area contributed by atoms with Crippen molar-refractivity contribution in [2.75, 3.05) is 0 Å². The van der Waals surface area contributed by atoms with Gasteiger partial charge in [0.1, 0.15) is 0 Å². The van der Waals surface area contributed by atoms with Gasteiger partial charge in [-0.1, -0.05) is 11.6 Å². The summed E-state index contributed by atoms with van der Waals surface area (Å²) in [5, 5.41) is 14.9. The lowest BCUT2D eigenvalue weighted by Crippen LogP contribution is -2.03. The van der Waals surface area contributed by atoms with Gasteiger partial charge in [-0.3, -0.25) is 0 Å². The molecule has 0 bridgehead atoms. The summed E-state index contributed by atoms with van der Waals surface area (Å²) in [7, 11) is 0. The number of aliphatic hydroxyl groups excluding tert-OH is 1. The molecule has 0 saturated heterocycles. The Kier molecular flexibility index (Phi) is 4.24. The third kappa shape index (κ3) is 2.97. The van der Waals surface area contributed by atoms with E-state index in [2.05, 4.69) is 28.0 Å². The molecule has 0 aliphatic heterocycles. The first-order valence-electron chi connectivity index (χ1n) is 4.81. The van der Waals surface area contributed by atoms with Gasteiger partial charge in [0, 0.05) is 15.0 Å². The molecule has 16 heavy (non-hydrogen) atoms. The van der Waals surface area contributed by atoms with Gasteiger partial charge in [0.15, 0.2) is 0 Å².